The number of hydrogen-bond acceptors (Lipinski definition) is 2. The second-order valence-electron chi connectivity index (χ2n) is 6.45. The first-order chi connectivity index (χ1) is 9.78. The van der Waals surface area contributed by atoms with E-state index in [0.29, 0.717) is 12.1 Å². The maximum absolute atomic E-state index is 6.23. The van der Waals surface area contributed by atoms with Crippen molar-refractivity contribution in [1.29, 1.82) is 0 Å². The number of thiophene rings is 1. The molecular formula is C17H26ClNS. The average molecular weight is 312 g/mol. The van der Waals surface area contributed by atoms with Gasteiger partial charge < -0.3 is 5.32 Å². The van der Waals surface area contributed by atoms with Gasteiger partial charge in [0.1, 0.15) is 0 Å². The predicted molar refractivity (Wildman–Crippen MR) is 88.8 cm³/mol. The fourth-order valence-corrected chi connectivity index (χ4v) is 5.46. The highest BCUT2D eigenvalue weighted by atomic mass is 35.5. The van der Waals surface area contributed by atoms with Gasteiger partial charge in [-0.1, -0.05) is 37.8 Å². The van der Waals surface area contributed by atoms with Crippen molar-refractivity contribution < 1.29 is 0 Å². The highest BCUT2D eigenvalue weighted by molar-refractivity contribution is 7.16. The first kappa shape index (κ1) is 14.9. The molecule has 2 unspecified atom stereocenters. The summed E-state index contributed by atoms with van der Waals surface area (Å²) in [6.45, 7) is 2.34. The van der Waals surface area contributed by atoms with Gasteiger partial charge in [0.05, 0.1) is 4.34 Å². The average Bonchev–Trinajstić information content (AvgIpc) is 2.86. The molecule has 0 aromatic carbocycles. The molecule has 1 saturated carbocycles. The van der Waals surface area contributed by atoms with Gasteiger partial charge in [-0.05, 0) is 56.1 Å². The molecule has 1 N–H and O–H groups in total. The van der Waals surface area contributed by atoms with Crippen molar-refractivity contribution in [2.75, 3.05) is 0 Å². The van der Waals surface area contributed by atoms with Gasteiger partial charge in [-0.15, -0.1) is 11.3 Å². The second kappa shape index (κ2) is 6.81. The van der Waals surface area contributed by atoms with Gasteiger partial charge in [-0.3, -0.25) is 0 Å². The third-order valence-electron chi connectivity index (χ3n) is 5.16. The van der Waals surface area contributed by atoms with E-state index in [1.165, 1.54) is 68.2 Å². The van der Waals surface area contributed by atoms with Crippen molar-refractivity contribution in [2.45, 2.75) is 76.8 Å². The van der Waals surface area contributed by atoms with Crippen LogP contribution >= 0.6 is 22.9 Å². The number of nitrogens with one attached hydrogen (secondary N) is 1. The highest BCUT2D eigenvalue weighted by Gasteiger charge is 2.28. The van der Waals surface area contributed by atoms with E-state index in [9.17, 15) is 0 Å². The number of hydrogen-bond donors (Lipinski definition) is 1. The van der Waals surface area contributed by atoms with Crippen LogP contribution in [0.1, 0.15) is 74.8 Å². The zero-order valence-corrected chi connectivity index (χ0v) is 14.0. The summed E-state index contributed by atoms with van der Waals surface area (Å²) in [4.78, 5) is 1.53. The molecule has 2 aliphatic rings. The van der Waals surface area contributed by atoms with Crippen LogP contribution in [-0.4, -0.2) is 6.04 Å². The molecule has 1 aromatic heterocycles. The summed E-state index contributed by atoms with van der Waals surface area (Å²) in [7, 11) is 0. The molecule has 0 amide bonds. The van der Waals surface area contributed by atoms with E-state index in [4.69, 9.17) is 11.6 Å². The summed E-state index contributed by atoms with van der Waals surface area (Å²) in [6, 6.07) is 3.46. The summed E-state index contributed by atoms with van der Waals surface area (Å²) < 4.78 is 0.967. The quantitative estimate of drug-likeness (QED) is 0.749. The lowest BCUT2D eigenvalue weighted by Crippen LogP contribution is -2.40. The fraction of sp³-hybridized carbons (Fsp3) is 0.765. The Morgan fingerprint density at radius 3 is 2.80 bits per heavy atom. The van der Waals surface area contributed by atoms with Crippen molar-refractivity contribution in [3.63, 3.8) is 0 Å². The van der Waals surface area contributed by atoms with Crippen molar-refractivity contribution in [2.24, 2.45) is 5.92 Å². The summed E-state index contributed by atoms with van der Waals surface area (Å²) in [5.41, 5.74) is 1.50. The predicted octanol–water partition coefficient (Wildman–Crippen LogP) is 5.73. The normalized spacial score (nSPS) is 25.4. The van der Waals surface area contributed by atoms with Gasteiger partial charge in [0.25, 0.3) is 0 Å². The molecule has 1 aromatic rings. The van der Waals surface area contributed by atoms with Crippen LogP contribution in [0.15, 0.2) is 6.07 Å². The van der Waals surface area contributed by atoms with Crippen LogP contribution in [0.5, 0.6) is 0 Å². The van der Waals surface area contributed by atoms with Crippen molar-refractivity contribution >= 4 is 22.9 Å². The Kier molecular flexibility index (Phi) is 5.06. The molecule has 2 aliphatic carbocycles. The monoisotopic (exact) mass is 311 g/mol. The van der Waals surface area contributed by atoms with Gasteiger partial charge in [-0.2, -0.15) is 0 Å². The molecule has 1 heterocycles. The van der Waals surface area contributed by atoms with E-state index < -0.39 is 0 Å². The minimum absolute atomic E-state index is 0.550. The second-order valence-corrected chi connectivity index (χ2v) is 8.22. The highest BCUT2D eigenvalue weighted by Crippen LogP contribution is 2.39. The van der Waals surface area contributed by atoms with Crippen LogP contribution in [0.2, 0.25) is 4.34 Å². The van der Waals surface area contributed by atoms with Gasteiger partial charge in [-0.25, -0.2) is 0 Å². The SMILES string of the molecule is CCC(NC1CCCc2sc(Cl)cc21)C1CCCCC1. The largest absolute Gasteiger partial charge is 0.307 e. The molecule has 3 rings (SSSR count). The summed E-state index contributed by atoms with van der Waals surface area (Å²) in [5, 5.41) is 3.99. The van der Waals surface area contributed by atoms with Gasteiger partial charge >= 0.3 is 0 Å². The Hall–Kier alpha value is -0.0500. The minimum Gasteiger partial charge on any atom is -0.307 e. The molecule has 0 aliphatic heterocycles. The fourth-order valence-electron chi connectivity index (χ4n) is 4.08. The van der Waals surface area contributed by atoms with E-state index in [-0.39, 0.29) is 0 Å². The molecule has 0 spiro atoms. The summed E-state index contributed by atoms with van der Waals surface area (Å²) in [6.07, 6.45) is 12.2. The Balaban J connectivity index is 1.69. The molecule has 20 heavy (non-hydrogen) atoms. The third kappa shape index (κ3) is 3.23. The lowest BCUT2D eigenvalue weighted by atomic mass is 9.82. The Morgan fingerprint density at radius 2 is 2.05 bits per heavy atom. The van der Waals surface area contributed by atoms with E-state index in [2.05, 4.69) is 18.3 Å². The topological polar surface area (TPSA) is 12.0 Å². The molecule has 1 fully saturated rings. The zero-order valence-electron chi connectivity index (χ0n) is 12.5. The molecular weight excluding hydrogens is 286 g/mol. The van der Waals surface area contributed by atoms with Crippen LogP contribution in [0.25, 0.3) is 0 Å². The molecule has 0 radical (unpaired) electrons. The van der Waals surface area contributed by atoms with Crippen molar-refractivity contribution in [3.05, 3.63) is 20.8 Å². The van der Waals surface area contributed by atoms with Crippen LogP contribution in [0.3, 0.4) is 0 Å². The smallest absolute Gasteiger partial charge is 0.0934 e. The number of aryl methyl sites for hydroxylation is 1. The van der Waals surface area contributed by atoms with E-state index >= 15 is 0 Å². The maximum atomic E-state index is 6.23. The van der Waals surface area contributed by atoms with Crippen LogP contribution < -0.4 is 5.32 Å². The minimum atomic E-state index is 0.550. The molecule has 0 bridgehead atoms. The number of fused-ring (bicyclic) bond motifs is 1. The lowest BCUT2D eigenvalue weighted by molar-refractivity contribution is 0.239. The van der Waals surface area contributed by atoms with Crippen molar-refractivity contribution in [1.82, 2.24) is 5.32 Å². The Bertz CT molecular complexity index is 436. The molecule has 2 atom stereocenters. The molecule has 1 nitrogen and oxygen atoms in total. The third-order valence-corrected chi connectivity index (χ3v) is 6.50. The maximum Gasteiger partial charge on any atom is 0.0934 e. The lowest BCUT2D eigenvalue weighted by Gasteiger charge is -2.35. The van der Waals surface area contributed by atoms with E-state index in [0.717, 1.165) is 10.3 Å². The number of halogens is 1. The summed E-state index contributed by atoms with van der Waals surface area (Å²) >= 11 is 8.02. The number of rotatable bonds is 4. The molecule has 112 valence electrons. The summed E-state index contributed by atoms with van der Waals surface area (Å²) in [5.74, 6) is 0.897. The Morgan fingerprint density at radius 1 is 1.25 bits per heavy atom. The van der Waals surface area contributed by atoms with Gasteiger partial charge in [0.2, 0.25) is 0 Å². The first-order valence-corrected chi connectivity index (χ1v) is 9.51. The van der Waals surface area contributed by atoms with Gasteiger partial charge in [0, 0.05) is 17.0 Å². The van der Waals surface area contributed by atoms with Crippen LogP contribution in [0, 0.1) is 5.92 Å². The Labute approximate surface area is 132 Å². The van der Waals surface area contributed by atoms with Crippen LogP contribution in [0.4, 0.5) is 0 Å². The van der Waals surface area contributed by atoms with Crippen LogP contribution in [-0.2, 0) is 6.42 Å². The zero-order chi connectivity index (χ0) is 13.9. The molecule has 3 heteroatoms. The van der Waals surface area contributed by atoms with Crippen molar-refractivity contribution in [3.8, 4) is 0 Å². The van der Waals surface area contributed by atoms with E-state index in [1.54, 1.807) is 11.3 Å². The molecule has 0 saturated heterocycles. The standard InChI is InChI=1S/C17H26ClNS/c1-2-14(12-7-4-3-5-8-12)19-15-9-6-10-16-13(15)11-17(18)20-16/h11-12,14-15,19H,2-10H2,1H3. The van der Waals surface area contributed by atoms with Gasteiger partial charge in [0.15, 0.2) is 0 Å². The van der Waals surface area contributed by atoms with E-state index in [1.807, 2.05) is 0 Å². The first-order valence-electron chi connectivity index (χ1n) is 8.32.